The Morgan fingerprint density at radius 3 is 1.57 bits per heavy atom. The molecule has 0 heterocycles. The molecule has 0 fully saturated rings. The van der Waals surface area contributed by atoms with Crippen molar-refractivity contribution in [2.45, 2.75) is 137 Å². The number of aliphatic imine (C=N–C) groups is 3. The lowest BCUT2D eigenvalue weighted by Crippen LogP contribution is -2.34. The number of aliphatic carboxylic acids is 1. The number of ketones is 2. The molecule has 1 aliphatic rings. The van der Waals surface area contributed by atoms with E-state index in [1.807, 2.05) is 24.3 Å². The van der Waals surface area contributed by atoms with Crippen molar-refractivity contribution in [3.63, 3.8) is 0 Å². The molecule has 69 heavy (non-hydrogen) atoms. The molecular weight excluding hydrogens is 887 g/mol. The molecule has 18 heteroatoms. The van der Waals surface area contributed by atoms with Crippen LogP contribution < -0.4 is 37.8 Å². The van der Waals surface area contributed by atoms with E-state index in [1.165, 1.54) is 18.1 Å². The number of carbonyl (C=O) groups excluding carboxylic acids is 3. The van der Waals surface area contributed by atoms with Crippen molar-refractivity contribution < 1.29 is 53.8 Å². The van der Waals surface area contributed by atoms with E-state index in [0.29, 0.717) is 90.6 Å². The van der Waals surface area contributed by atoms with Gasteiger partial charge in [-0.15, -0.1) is 0 Å². The van der Waals surface area contributed by atoms with Gasteiger partial charge in [0, 0.05) is 75.6 Å². The zero-order valence-electron chi connectivity index (χ0n) is 42.3. The van der Waals surface area contributed by atoms with Gasteiger partial charge in [0.15, 0.2) is 0 Å². The molecule has 0 saturated heterocycles. The van der Waals surface area contributed by atoms with Crippen molar-refractivity contribution in [1.82, 2.24) is 5.32 Å². The summed E-state index contributed by atoms with van der Waals surface area (Å²) in [5.41, 5.74) is 19.7. The van der Waals surface area contributed by atoms with E-state index in [4.69, 9.17) is 36.5 Å². The number of nitrogens with two attached hydrogens (primary N) is 3. The van der Waals surface area contributed by atoms with Crippen molar-refractivity contribution in [3.05, 3.63) is 59.7 Å². The number of unbranched alkanes of at least 4 members (excludes halogenated alkanes) is 2. The normalized spacial score (nSPS) is 13.7. The van der Waals surface area contributed by atoms with Crippen LogP contribution in [0.4, 0.5) is 0 Å². The zero-order chi connectivity index (χ0) is 52.0. The second-order valence-corrected chi connectivity index (χ2v) is 19.2. The number of carboxylic acids is 1. The fraction of sp³-hybridized carbons (Fsp3) is 0.627. The molecule has 1 aliphatic carbocycles. The van der Waals surface area contributed by atoms with E-state index in [2.05, 4.69) is 44.6 Å². The number of nitrogens with one attached hydrogen (secondary N) is 1. The predicted molar refractivity (Wildman–Crippen MR) is 264 cm³/mol. The monoisotopic (exact) mass is 967 g/mol. The lowest BCUT2D eigenvalue weighted by Gasteiger charge is -2.29. The quantitative estimate of drug-likeness (QED) is 0.0512. The molecule has 388 valence electrons. The Labute approximate surface area is 409 Å². The largest absolute Gasteiger partial charge is 0.599 e. The van der Waals surface area contributed by atoms with Gasteiger partial charge in [0.1, 0.15) is 29.8 Å². The van der Waals surface area contributed by atoms with Gasteiger partial charge in [-0.05, 0) is 106 Å². The van der Waals surface area contributed by atoms with Crippen LogP contribution in [0, 0.1) is 17.8 Å². The van der Waals surface area contributed by atoms with E-state index in [-0.39, 0.29) is 60.7 Å². The molecule has 0 bridgehead atoms. The molecule has 2 aromatic rings. The van der Waals surface area contributed by atoms with Crippen molar-refractivity contribution in [1.29, 1.82) is 0 Å². The average Bonchev–Trinajstić information content (AvgIpc) is 3.59. The highest BCUT2D eigenvalue weighted by Gasteiger charge is 2.27. The Balaban J connectivity index is 0.000000721. The van der Waals surface area contributed by atoms with Crippen molar-refractivity contribution in [3.8, 4) is 11.1 Å². The fourth-order valence-corrected chi connectivity index (χ4v) is 6.74. The van der Waals surface area contributed by atoms with E-state index in [9.17, 15) is 34.5 Å². The number of Topliss-reactive ketones (excluding diaryl/α,β-unsaturated/α-hetero) is 2. The number of hydrogen-bond acceptors (Lipinski definition) is 16. The van der Waals surface area contributed by atoms with Crippen molar-refractivity contribution in [2.75, 3.05) is 52.4 Å². The minimum atomic E-state index is -0.785. The van der Waals surface area contributed by atoms with Crippen LogP contribution in [0.25, 0.3) is 11.1 Å². The number of rotatable bonds is 26. The van der Waals surface area contributed by atoms with Crippen LogP contribution in [0.1, 0.15) is 137 Å². The van der Waals surface area contributed by atoms with Crippen LogP contribution in [0.5, 0.6) is 0 Å². The van der Waals surface area contributed by atoms with E-state index < -0.39 is 35.4 Å². The molecule has 0 saturated carbocycles. The summed E-state index contributed by atoms with van der Waals surface area (Å²) in [5.74, 6) is -0.625. The SMILES string of the molecule is CC(=O)CCC(CN)CN=C([O-])OC(C)(C)C.CC(=O)CCC(CN=C([O-])OC(C)(C)C)CNC(=O)CCCCCN=C([O-])OCC1c2ccccc2-c2ccccc21.NCC(CN)CCC(=O)O. The van der Waals surface area contributed by atoms with E-state index in [0.717, 1.165) is 17.5 Å². The van der Waals surface area contributed by atoms with Gasteiger partial charge in [-0.1, -0.05) is 96.5 Å². The molecule has 0 spiro atoms. The first-order chi connectivity index (χ1) is 32.5. The summed E-state index contributed by atoms with van der Waals surface area (Å²) in [5, 5.41) is 46.7. The lowest BCUT2D eigenvalue weighted by atomic mass is 9.98. The second-order valence-electron chi connectivity index (χ2n) is 19.2. The van der Waals surface area contributed by atoms with Gasteiger partial charge in [0.25, 0.3) is 0 Å². The molecule has 2 aromatic carbocycles. The number of carboxylic acid groups (broad SMARTS) is 1. The van der Waals surface area contributed by atoms with E-state index >= 15 is 0 Å². The Morgan fingerprint density at radius 2 is 1.10 bits per heavy atom. The highest BCUT2D eigenvalue weighted by atomic mass is 16.6. The number of carbonyl (C=O) groups is 4. The Hall–Kier alpha value is -5.59. The first-order valence-corrected chi connectivity index (χ1v) is 23.9. The van der Waals surface area contributed by atoms with Gasteiger partial charge in [-0.3, -0.25) is 24.6 Å². The van der Waals surface area contributed by atoms with Crippen LogP contribution in [-0.4, -0.2) is 110 Å². The minimum absolute atomic E-state index is 0.00287. The molecule has 0 aromatic heterocycles. The third-order valence-electron chi connectivity index (χ3n) is 10.5. The zero-order valence-corrected chi connectivity index (χ0v) is 42.3. The van der Waals surface area contributed by atoms with Crippen molar-refractivity contribution in [2.24, 2.45) is 49.9 Å². The predicted octanol–water partition coefficient (Wildman–Crippen LogP) is 3.57. The Bertz CT molecular complexity index is 1890. The van der Waals surface area contributed by atoms with Crippen LogP contribution in [0.15, 0.2) is 63.5 Å². The molecule has 0 aliphatic heterocycles. The van der Waals surface area contributed by atoms with E-state index in [1.54, 1.807) is 48.5 Å². The Morgan fingerprint density at radius 1 is 0.638 bits per heavy atom. The maximum atomic E-state index is 12.3. The van der Waals surface area contributed by atoms with Crippen LogP contribution in [-0.2, 0) is 33.4 Å². The summed E-state index contributed by atoms with van der Waals surface area (Å²) in [7, 11) is 0. The Kier molecular flexibility index (Phi) is 29.4. The third-order valence-corrected chi connectivity index (χ3v) is 10.5. The topological polar surface area (TPSA) is 313 Å². The van der Waals surface area contributed by atoms with Crippen LogP contribution in [0.2, 0.25) is 0 Å². The highest BCUT2D eigenvalue weighted by molar-refractivity contribution is 5.79. The molecule has 1 amide bonds. The van der Waals surface area contributed by atoms with Gasteiger partial charge in [-0.2, -0.15) is 0 Å². The average molecular weight is 967 g/mol. The maximum absolute atomic E-state index is 12.3. The molecule has 2 unspecified atom stereocenters. The molecule has 8 N–H and O–H groups in total. The summed E-state index contributed by atoms with van der Waals surface area (Å²) in [4.78, 5) is 56.4. The highest BCUT2D eigenvalue weighted by Crippen LogP contribution is 2.44. The second kappa shape index (κ2) is 33.0. The smallest absolute Gasteiger partial charge is 0.303 e. The molecule has 2 atom stereocenters. The summed E-state index contributed by atoms with van der Waals surface area (Å²) < 4.78 is 15.8. The number of nitrogens with zero attached hydrogens (tertiary/aromatic N) is 3. The van der Waals surface area contributed by atoms with Gasteiger partial charge < -0.3 is 66.7 Å². The van der Waals surface area contributed by atoms with Gasteiger partial charge >= 0.3 is 5.97 Å². The van der Waals surface area contributed by atoms with Crippen LogP contribution in [0.3, 0.4) is 0 Å². The number of ether oxygens (including phenoxy) is 3. The summed E-state index contributed by atoms with van der Waals surface area (Å²) in [6, 6.07) is 16.4. The molecule has 0 radical (unpaired) electrons. The van der Waals surface area contributed by atoms with Gasteiger partial charge in [-0.25, -0.2) is 0 Å². The first kappa shape index (κ1) is 61.4. The summed E-state index contributed by atoms with van der Waals surface area (Å²) >= 11 is 0. The standard InChI is InChI=1S/C33H45N3O6.C12H24N2O3.C6H14N2O2/c1-23(37)17-18-24(21-36-32(40)42-33(2,3)4)20-35-30(38)16-6-5-11-19-34-31(39)41-22-29-27-14-9-7-12-25(27)26-13-8-10-15-28(26)29;1-9(15)5-6-10(7-13)8-14-11(16)17-12(2,3)4;7-3-5(4-8)1-2-6(9)10/h7-10,12-15,24,29H,5-6,11,16-22H2,1-4H3,(H,34,39)(H,35,38)(H,36,40);10H,5-8,13H2,1-4H3,(H,14,16);5H,1-4,7-8H2,(H,9,10)/p-3. The molecular formula is C51H80N7O11-3. The van der Waals surface area contributed by atoms with Gasteiger partial charge in [0.2, 0.25) is 5.91 Å². The van der Waals surface area contributed by atoms with Crippen molar-refractivity contribution >= 4 is 41.7 Å². The summed E-state index contributed by atoms with van der Waals surface area (Å²) in [6.07, 6.45) is 3.41. The maximum Gasteiger partial charge on any atom is 0.303 e. The number of hydrogen-bond donors (Lipinski definition) is 5. The fourth-order valence-electron chi connectivity index (χ4n) is 6.74. The summed E-state index contributed by atoms with van der Waals surface area (Å²) in [6.45, 7) is 16.5. The number of fused-ring (bicyclic) bond motifs is 3. The molecule has 3 rings (SSSR count). The first-order valence-electron chi connectivity index (χ1n) is 23.9. The number of benzene rings is 2. The van der Waals surface area contributed by atoms with Gasteiger partial charge in [0.05, 0.1) is 0 Å². The number of amides is 1. The minimum Gasteiger partial charge on any atom is -0.599 e. The lowest BCUT2D eigenvalue weighted by molar-refractivity contribution is -0.261. The third kappa shape index (κ3) is 29.1. The molecule has 18 nitrogen and oxygen atoms in total. The van der Waals surface area contributed by atoms with Crippen LogP contribution >= 0.6 is 0 Å².